The van der Waals surface area contributed by atoms with E-state index in [1.54, 1.807) is 17.5 Å². The Morgan fingerprint density at radius 2 is 2.33 bits per heavy atom. The number of nitrogens with zero attached hydrogens (tertiary/aromatic N) is 3. The smallest absolute Gasteiger partial charge is 0.194 e. The van der Waals surface area contributed by atoms with Crippen molar-refractivity contribution in [3.8, 4) is 0 Å². The Hall–Kier alpha value is -1.08. The third kappa shape index (κ3) is 3.23. The van der Waals surface area contributed by atoms with Crippen LogP contribution in [0.3, 0.4) is 0 Å². The SMILES string of the molecule is CCCNCc1c(Sc2ncccc2Cl)nc2sccn12. The van der Waals surface area contributed by atoms with E-state index in [-0.39, 0.29) is 0 Å². The van der Waals surface area contributed by atoms with Gasteiger partial charge in [-0.25, -0.2) is 9.97 Å². The highest BCUT2D eigenvalue weighted by atomic mass is 35.5. The van der Waals surface area contributed by atoms with Crippen LogP contribution in [0.4, 0.5) is 0 Å². The van der Waals surface area contributed by atoms with Crippen molar-refractivity contribution in [2.24, 2.45) is 0 Å². The first-order chi connectivity index (χ1) is 10.3. The van der Waals surface area contributed by atoms with Crippen molar-refractivity contribution in [1.82, 2.24) is 19.7 Å². The molecule has 0 saturated heterocycles. The summed E-state index contributed by atoms with van der Waals surface area (Å²) in [6.07, 6.45) is 4.92. The molecule has 0 radical (unpaired) electrons. The van der Waals surface area contributed by atoms with Gasteiger partial charge in [0.2, 0.25) is 0 Å². The number of pyridine rings is 1. The van der Waals surface area contributed by atoms with Crippen LogP contribution in [-0.2, 0) is 6.54 Å². The van der Waals surface area contributed by atoms with Crippen molar-refractivity contribution in [2.45, 2.75) is 29.9 Å². The molecule has 0 unspecified atom stereocenters. The summed E-state index contributed by atoms with van der Waals surface area (Å²) in [5.41, 5.74) is 1.16. The minimum atomic E-state index is 0.659. The highest BCUT2D eigenvalue weighted by Gasteiger charge is 2.15. The predicted molar refractivity (Wildman–Crippen MR) is 88.4 cm³/mol. The lowest BCUT2D eigenvalue weighted by atomic mass is 10.4. The molecule has 3 aromatic rings. The van der Waals surface area contributed by atoms with E-state index in [9.17, 15) is 0 Å². The molecule has 0 amide bonds. The van der Waals surface area contributed by atoms with Crippen LogP contribution in [0.25, 0.3) is 4.96 Å². The second kappa shape index (κ2) is 6.79. The maximum atomic E-state index is 6.19. The number of hydrogen-bond acceptors (Lipinski definition) is 5. The summed E-state index contributed by atoms with van der Waals surface area (Å²) < 4.78 is 2.13. The van der Waals surface area contributed by atoms with Gasteiger partial charge in [-0.2, -0.15) is 0 Å². The summed E-state index contributed by atoms with van der Waals surface area (Å²) in [7, 11) is 0. The Labute approximate surface area is 136 Å². The van der Waals surface area contributed by atoms with Gasteiger partial charge in [-0.05, 0) is 36.9 Å². The van der Waals surface area contributed by atoms with E-state index in [0.717, 1.165) is 40.2 Å². The van der Waals surface area contributed by atoms with Crippen LogP contribution in [0.2, 0.25) is 5.02 Å². The first-order valence-electron chi connectivity index (χ1n) is 6.73. The number of fused-ring (bicyclic) bond motifs is 1. The first-order valence-corrected chi connectivity index (χ1v) is 8.80. The fourth-order valence-electron chi connectivity index (χ4n) is 1.98. The average Bonchev–Trinajstić information content (AvgIpc) is 3.04. The number of aromatic nitrogens is 3. The number of hydrogen-bond donors (Lipinski definition) is 1. The summed E-state index contributed by atoms with van der Waals surface area (Å²) in [5, 5.41) is 7.90. The predicted octanol–water partition coefficient (Wildman–Crippen LogP) is 4.10. The molecule has 4 nitrogen and oxygen atoms in total. The first kappa shape index (κ1) is 14.8. The second-order valence-corrected chi connectivity index (χ2v) is 6.75. The Morgan fingerprint density at radius 1 is 1.43 bits per heavy atom. The van der Waals surface area contributed by atoms with Crippen LogP contribution in [0.1, 0.15) is 19.0 Å². The van der Waals surface area contributed by atoms with Gasteiger partial charge < -0.3 is 5.32 Å². The molecule has 0 fully saturated rings. The van der Waals surface area contributed by atoms with Gasteiger partial charge in [0.05, 0.1) is 10.7 Å². The highest BCUT2D eigenvalue weighted by Crippen LogP contribution is 2.34. The fourth-order valence-corrected chi connectivity index (χ4v) is 3.89. The summed E-state index contributed by atoms with van der Waals surface area (Å²) >= 11 is 9.35. The summed E-state index contributed by atoms with van der Waals surface area (Å²) in [6, 6.07) is 3.69. The van der Waals surface area contributed by atoms with Crippen LogP contribution in [0.15, 0.2) is 40.0 Å². The number of thiazole rings is 1. The van der Waals surface area contributed by atoms with E-state index >= 15 is 0 Å². The van der Waals surface area contributed by atoms with Crippen molar-refractivity contribution in [1.29, 1.82) is 0 Å². The quantitative estimate of drug-likeness (QED) is 0.687. The molecule has 0 spiro atoms. The second-order valence-electron chi connectivity index (χ2n) is 4.49. The zero-order valence-corrected chi connectivity index (χ0v) is 13.9. The lowest BCUT2D eigenvalue weighted by Crippen LogP contribution is -2.15. The molecule has 0 bridgehead atoms. The van der Waals surface area contributed by atoms with Crippen molar-refractivity contribution < 1.29 is 0 Å². The maximum absolute atomic E-state index is 6.19. The van der Waals surface area contributed by atoms with Crippen molar-refractivity contribution >= 4 is 39.7 Å². The molecule has 110 valence electrons. The van der Waals surface area contributed by atoms with Crippen molar-refractivity contribution in [2.75, 3.05) is 6.54 Å². The monoisotopic (exact) mass is 338 g/mol. The maximum Gasteiger partial charge on any atom is 0.194 e. The van der Waals surface area contributed by atoms with E-state index in [2.05, 4.69) is 27.8 Å². The third-order valence-corrected chi connectivity index (χ3v) is 5.17. The normalized spacial score (nSPS) is 11.3. The summed E-state index contributed by atoms with van der Waals surface area (Å²) in [5.74, 6) is 0. The molecular formula is C14H15ClN4S2. The topological polar surface area (TPSA) is 42.2 Å². The van der Waals surface area contributed by atoms with Gasteiger partial charge in [0.15, 0.2) is 4.96 Å². The average molecular weight is 339 g/mol. The lowest BCUT2D eigenvalue weighted by Gasteiger charge is -2.06. The van der Waals surface area contributed by atoms with Gasteiger partial charge in [0, 0.05) is 24.3 Å². The Balaban J connectivity index is 1.91. The van der Waals surface area contributed by atoms with Crippen molar-refractivity contribution in [3.63, 3.8) is 0 Å². The van der Waals surface area contributed by atoms with Gasteiger partial charge in [-0.1, -0.05) is 18.5 Å². The Bertz CT molecular complexity index is 737. The number of nitrogens with one attached hydrogen (secondary N) is 1. The zero-order chi connectivity index (χ0) is 14.7. The largest absolute Gasteiger partial charge is 0.311 e. The van der Waals surface area contributed by atoms with E-state index in [1.807, 2.05) is 17.5 Å². The minimum Gasteiger partial charge on any atom is -0.311 e. The van der Waals surface area contributed by atoms with Crippen LogP contribution in [-0.4, -0.2) is 20.9 Å². The van der Waals surface area contributed by atoms with Gasteiger partial charge in [-0.15, -0.1) is 11.3 Å². The van der Waals surface area contributed by atoms with Gasteiger partial charge in [0.25, 0.3) is 0 Å². The molecule has 0 atom stereocenters. The minimum absolute atomic E-state index is 0.659. The van der Waals surface area contributed by atoms with E-state index in [1.165, 1.54) is 11.8 Å². The standard InChI is InChI=1S/C14H15ClN4S2/c1-2-5-16-9-11-13(18-14-19(11)7-8-20-14)21-12-10(15)4-3-6-17-12/h3-4,6-8,16H,2,5,9H2,1H3. The lowest BCUT2D eigenvalue weighted by molar-refractivity contribution is 0.653. The molecule has 0 aromatic carbocycles. The molecule has 3 rings (SSSR count). The highest BCUT2D eigenvalue weighted by molar-refractivity contribution is 7.99. The molecule has 3 heterocycles. The Kier molecular flexibility index (Phi) is 4.80. The number of halogens is 1. The van der Waals surface area contributed by atoms with Gasteiger partial charge >= 0.3 is 0 Å². The van der Waals surface area contributed by atoms with Crippen LogP contribution >= 0.6 is 34.7 Å². The van der Waals surface area contributed by atoms with Crippen LogP contribution < -0.4 is 5.32 Å². The van der Waals surface area contributed by atoms with E-state index in [4.69, 9.17) is 16.6 Å². The molecule has 1 N–H and O–H groups in total. The van der Waals surface area contributed by atoms with E-state index in [0.29, 0.717) is 5.02 Å². The summed E-state index contributed by atoms with van der Waals surface area (Å²) in [6.45, 7) is 3.94. The molecule has 0 aliphatic carbocycles. The molecule has 21 heavy (non-hydrogen) atoms. The molecule has 0 aliphatic rings. The molecule has 7 heteroatoms. The summed E-state index contributed by atoms with van der Waals surface area (Å²) in [4.78, 5) is 10.0. The zero-order valence-electron chi connectivity index (χ0n) is 11.5. The van der Waals surface area contributed by atoms with Crippen molar-refractivity contribution in [3.05, 3.63) is 40.6 Å². The molecular weight excluding hydrogens is 324 g/mol. The molecule has 0 aliphatic heterocycles. The van der Waals surface area contributed by atoms with E-state index < -0.39 is 0 Å². The number of rotatable bonds is 6. The van der Waals surface area contributed by atoms with Crippen LogP contribution in [0.5, 0.6) is 0 Å². The third-order valence-electron chi connectivity index (χ3n) is 2.96. The van der Waals surface area contributed by atoms with Gasteiger partial charge in [0.1, 0.15) is 10.1 Å². The molecule has 0 saturated carbocycles. The number of imidazole rings is 1. The fraction of sp³-hybridized carbons (Fsp3) is 0.286. The van der Waals surface area contributed by atoms with Crippen LogP contribution in [0, 0.1) is 0 Å². The van der Waals surface area contributed by atoms with Gasteiger partial charge in [-0.3, -0.25) is 4.40 Å². The Morgan fingerprint density at radius 3 is 3.14 bits per heavy atom. The molecule has 3 aromatic heterocycles.